The van der Waals surface area contributed by atoms with E-state index in [9.17, 15) is 0 Å². The summed E-state index contributed by atoms with van der Waals surface area (Å²) in [6.45, 7) is 7.17. The van der Waals surface area contributed by atoms with Gasteiger partial charge in [0.25, 0.3) is 0 Å². The Morgan fingerprint density at radius 2 is 1.00 bits per heavy atom. The van der Waals surface area contributed by atoms with Crippen molar-refractivity contribution < 1.29 is 0 Å². The van der Waals surface area contributed by atoms with Crippen LogP contribution in [0.3, 0.4) is 0 Å². The highest BCUT2D eigenvalue weighted by molar-refractivity contribution is 6.10. The van der Waals surface area contributed by atoms with Crippen molar-refractivity contribution in [3.63, 3.8) is 0 Å². The Balaban J connectivity index is 1.20. The van der Waals surface area contributed by atoms with Gasteiger partial charge in [-0.25, -0.2) is 0 Å². The highest BCUT2D eigenvalue weighted by Gasteiger charge is 2.39. The zero-order valence-corrected chi connectivity index (χ0v) is 33.6. The number of nitrogens with zero attached hydrogens (tertiary/aromatic N) is 2. The molecule has 1 aromatic heterocycles. The Morgan fingerprint density at radius 3 is 1.76 bits per heavy atom. The van der Waals surface area contributed by atoms with Crippen LogP contribution in [0.4, 0.5) is 17.1 Å². The van der Waals surface area contributed by atoms with E-state index in [1.807, 2.05) is 0 Å². The zero-order valence-electron chi connectivity index (χ0n) is 33.6. The summed E-state index contributed by atoms with van der Waals surface area (Å²) < 4.78 is 2.44. The molecule has 0 aliphatic heterocycles. The van der Waals surface area contributed by atoms with Crippen molar-refractivity contribution in [2.75, 3.05) is 4.90 Å². The van der Waals surface area contributed by atoms with Crippen molar-refractivity contribution in [3.05, 3.63) is 217 Å². The zero-order chi connectivity index (χ0) is 39.7. The summed E-state index contributed by atoms with van der Waals surface area (Å²) >= 11 is 0. The van der Waals surface area contributed by atoms with E-state index in [4.69, 9.17) is 0 Å². The van der Waals surface area contributed by atoms with Gasteiger partial charge in [-0.2, -0.15) is 0 Å². The lowest BCUT2D eigenvalue weighted by atomic mass is 9.74. The maximum Gasteiger partial charge on any atom is 0.0541 e. The first-order valence-electron chi connectivity index (χ1n) is 20.7. The van der Waals surface area contributed by atoms with Gasteiger partial charge in [0.15, 0.2) is 0 Å². The van der Waals surface area contributed by atoms with Crippen LogP contribution in [0.25, 0.3) is 71.6 Å². The van der Waals surface area contributed by atoms with Gasteiger partial charge < -0.3 is 9.47 Å². The third-order valence-electron chi connectivity index (χ3n) is 12.4. The third-order valence-corrected chi connectivity index (χ3v) is 12.4. The first-order valence-corrected chi connectivity index (χ1v) is 20.7. The largest absolute Gasteiger partial charge is 0.310 e. The number of aromatic nitrogens is 1. The second-order valence-electron chi connectivity index (χ2n) is 17.0. The first-order chi connectivity index (χ1) is 28.9. The predicted octanol–water partition coefficient (Wildman–Crippen LogP) is 15.9. The molecule has 0 N–H and O–H groups in total. The van der Waals surface area contributed by atoms with Gasteiger partial charge in [-0.1, -0.05) is 178 Å². The Morgan fingerprint density at radius 1 is 0.424 bits per heavy atom. The van der Waals surface area contributed by atoms with Gasteiger partial charge in [0.05, 0.1) is 22.4 Å². The topological polar surface area (TPSA) is 8.17 Å². The molecule has 1 aliphatic carbocycles. The second kappa shape index (κ2) is 13.7. The smallest absolute Gasteiger partial charge is 0.0541 e. The summed E-state index contributed by atoms with van der Waals surface area (Å²) in [6, 6.07) is 76.1. The van der Waals surface area contributed by atoms with Crippen LogP contribution >= 0.6 is 0 Å². The lowest BCUT2D eigenvalue weighted by Gasteiger charge is -2.35. The maximum atomic E-state index is 2.55. The number of anilines is 3. The molecule has 0 radical (unpaired) electrons. The molecular weight excluding hydrogens is 713 g/mol. The van der Waals surface area contributed by atoms with Crippen molar-refractivity contribution in [2.24, 2.45) is 5.41 Å². The molecular formula is C57H44N2. The molecule has 0 saturated carbocycles. The molecule has 59 heavy (non-hydrogen) atoms. The van der Waals surface area contributed by atoms with Crippen molar-refractivity contribution in [1.29, 1.82) is 0 Å². The van der Waals surface area contributed by atoms with Crippen LogP contribution in [-0.4, -0.2) is 4.57 Å². The monoisotopic (exact) mass is 756 g/mol. The molecule has 11 rings (SSSR count). The highest BCUT2D eigenvalue weighted by Crippen LogP contribution is 2.57. The standard InChI is InChI=1S/C57H44N2/c1-57(2,3)56-49-29-10-9-25-44(49)48-30-18-34-54(55(48)56)58(41-23-17-22-39(35-41)38-19-5-4-6-20-38)53-33-16-13-28-47(53)50-37-42(36-40-21-7-8-24-43(40)50)59-51-31-14-11-26-45(51)46-27-12-15-32-52(46)59/h4-37,56H,1-3H3. The molecule has 1 unspecified atom stereocenters. The minimum absolute atomic E-state index is 0.0264. The fraction of sp³-hybridized carbons (Fsp3) is 0.0877. The van der Waals surface area contributed by atoms with Crippen LogP contribution in [0.5, 0.6) is 0 Å². The van der Waals surface area contributed by atoms with Crippen LogP contribution < -0.4 is 4.90 Å². The van der Waals surface area contributed by atoms with E-state index >= 15 is 0 Å². The normalized spacial score (nSPS) is 13.5. The lowest BCUT2D eigenvalue weighted by molar-refractivity contribution is 0.364. The molecule has 1 aliphatic rings. The van der Waals surface area contributed by atoms with Crippen LogP contribution in [0.1, 0.15) is 37.8 Å². The first kappa shape index (κ1) is 35.0. The van der Waals surface area contributed by atoms with E-state index in [1.54, 1.807) is 0 Å². The number of fused-ring (bicyclic) bond motifs is 7. The number of rotatable bonds is 6. The molecule has 0 fully saturated rings. The molecule has 0 amide bonds. The molecule has 1 atom stereocenters. The molecule has 1 heterocycles. The van der Waals surface area contributed by atoms with Gasteiger partial charge in [-0.3, -0.25) is 0 Å². The third kappa shape index (κ3) is 5.70. The SMILES string of the molecule is CC(C)(C)C1c2ccccc2-c2cccc(N(c3cccc(-c4ccccc4)c3)c3ccccc3-c3cc(-n4c5ccccc5c5ccccc54)cc4ccccc34)c21. The minimum atomic E-state index is -0.0264. The minimum Gasteiger partial charge on any atom is -0.310 e. The fourth-order valence-electron chi connectivity index (χ4n) is 9.94. The van der Waals surface area contributed by atoms with Crippen LogP contribution in [0.2, 0.25) is 0 Å². The fourth-order valence-corrected chi connectivity index (χ4v) is 9.94. The van der Waals surface area contributed by atoms with E-state index in [0.717, 1.165) is 17.1 Å². The van der Waals surface area contributed by atoms with Crippen molar-refractivity contribution >= 4 is 49.6 Å². The molecule has 2 nitrogen and oxygen atoms in total. The summed E-state index contributed by atoms with van der Waals surface area (Å²) in [5.41, 5.74) is 17.2. The van der Waals surface area contributed by atoms with E-state index in [0.29, 0.717) is 0 Å². The molecule has 0 saturated heterocycles. The number of hydrogen-bond acceptors (Lipinski definition) is 1. The molecule has 282 valence electrons. The van der Waals surface area contributed by atoms with E-state index in [2.05, 4.69) is 236 Å². The number of benzene rings is 9. The lowest BCUT2D eigenvalue weighted by Crippen LogP contribution is -2.21. The van der Waals surface area contributed by atoms with Crippen molar-refractivity contribution in [2.45, 2.75) is 26.7 Å². The van der Waals surface area contributed by atoms with Crippen molar-refractivity contribution in [3.8, 4) is 39.1 Å². The molecule has 10 aromatic rings. The molecule has 2 heteroatoms. The van der Waals surface area contributed by atoms with Gasteiger partial charge in [-0.05, 0) is 104 Å². The quantitative estimate of drug-likeness (QED) is 0.164. The van der Waals surface area contributed by atoms with Gasteiger partial charge in [0.1, 0.15) is 0 Å². The van der Waals surface area contributed by atoms with Gasteiger partial charge in [-0.15, -0.1) is 0 Å². The van der Waals surface area contributed by atoms with Crippen LogP contribution in [0, 0.1) is 5.41 Å². The molecule has 9 aromatic carbocycles. The Hall–Kier alpha value is -7.16. The Kier molecular flexibility index (Phi) is 8.16. The Labute approximate surface area is 346 Å². The summed E-state index contributed by atoms with van der Waals surface area (Å²) in [6.07, 6.45) is 0. The molecule has 0 spiro atoms. The molecule has 0 bridgehead atoms. The van der Waals surface area contributed by atoms with Crippen molar-refractivity contribution in [1.82, 2.24) is 4.57 Å². The summed E-state index contributed by atoms with van der Waals surface area (Å²) in [5, 5.41) is 4.95. The van der Waals surface area contributed by atoms with Gasteiger partial charge in [0.2, 0.25) is 0 Å². The van der Waals surface area contributed by atoms with Crippen LogP contribution in [0.15, 0.2) is 206 Å². The summed E-state index contributed by atoms with van der Waals surface area (Å²) in [4.78, 5) is 2.55. The number of hydrogen-bond donors (Lipinski definition) is 0. The van der Waals surface area contributed by atoms with Crippen LogP contribution in [-0.2, 0) is 0 Å². The average molecular weight is 757 g/mol. The van der Waals surface area contributed by atoms with E-state index in [1.165, 1.54) is 82.8 Å². The highest BCUT2D eigenvalue weighted by atomic mass is 15.1. The van der Waals surface area contributed by atoms with Gasteiger partial charge >= 0.3 is 0 Å². The summed E-state index contributed by atoms with van der Waals surface area (Å²) in [7, 11) is 0. The van der Waals surface area contributed by atoms with Gasteiger partial charge in [0, 0.05) is 33.6 Å². The summed E-state index contributed by atoms with van der Waals surface area (Å²) in [5.74, 6) is 0.205. The second-order valence-corrected chi connectivity index (χ2v) is 17.0. The maximum absolute atomic E-state index is 2.55. The van der Waals surface area contributed by atoms with E-state index in [-0.39, 0.29) is 11.3 Å². The van der Waals surface area contributed by atoms with E-state index < -0.39 is 0 Å². The predicted molar refractivity (Wildman–Crippen MR) is 251 cm³/mol. The number of para-hydroxylation sites is 3. The Bertz CT molecular complexity index is 3160. The average Bonchev–Trinajstić information content (AvgIpc) is 3.81.